The summed E-state index contributed by atoms with van der Waals surface area (Å²) in [5.41, 5.74) is 2.74. The maximum atomic E-state index is 3.52. The first-order chi connectivity index (χ1) is 9.26. The molecule has 3 heteroatoms. The van der Waals surface area contributed by atoms with Crippen molar-refractivity contribution in [2.45, 2.75) is 25.4 Å². The molecule has 100 valence electrons. The third kappa shape index (κ3) is 3.10. The Balaban J connectivity index is 1.74. The number of hydrogen-bond donors (Lipinski definition) is 1. The number of halogens is 1. The predicted octanol–water partition coefficient (Wildman–Crippen LogP) is 3.97. The first-order valence-corrected chi connectivity index (χ1v) is 7.63. The average Bonchev–Trinajstić information content (AvgIpc) is 3.12. The van der Waals surface area contributed by atoms with Gasteiger partial charge in [-0.3, -0.25) is 0 Å². The Morgan fingerprint density at radius 2 is 2.21 bits per heavy atom. The first kappa shape index (κ1) is 12.9. The van der Waals surface area contributed by atoms with Crippen LogP contribution in [0, 0.1) is 5.92 Å². The van der Waals surface area contributed by atoms with Gasteiger partial charge in [0.25, 0.3) is 0 Å². The molecule has 3 rings (SSSR count). The molecule has 1 N–H and O–H groups in total. The van der Waals surface area contributed by atoms with Crippen molar-refractivity contribution in [1.82, 2.24) is 9.88 Å². The fourth-order valence-electron chi connectivity index (χ4n) is 2.69. The topological polar surface area (TPSA) is 17.0 Å². The van der Waals surface area contributed by atoms with E-state index in [1.54, 1.807) is 0 Å². The van der Waals surface area contributed by atoms with Gasteiger partial charge in [0.2, 0.25) is 0 Å². The van der Waals surface area contributed by atoms with E-state index >= 15 is 0 Å². The Labute approximate surface area is 123 Å². The van der Waals surface area contributed by atoms with Gasteiger partial charge in [-0.2, -0.15) is 0 Å². The van der Waals surface area contributed by atoms with Crippen LogP contribution in [-0.2, 0) is 6.54 Å². The number of aromatic nitrogens is 1. The van der Waals surface area contributed by atoms with Crippen LogP contribution in [0.2, 0.25) is 0 Å². The highest BCUT2D eigenvalue weighted by atomic mass is 79.9. The van der Waals surface area contributed by atoms with Crippen molar-refractivity contribution in [1.29, 1.82) is 0 Å². The van der Waals surface area contributed by atoms with E-state index in [1.165, 1.54) is 24.0 Å². The molecule has 0 bridgehead atoms. The molecule has 1 saturated carbocycles. The highest BCUT2D eigenvalue weighted by molar-refractivity contribution is 9.10. The standard InChI is InChI=1S/C16H19BrN2/c1-18-16(13-5-6-13)14-7-8-19(11-14)10-12-3-2-4-15(17)9-12/h2-4,7-9,11,13,16,18H,5-6,10H2,1H3. The molecule has 1 aliphatic rings. The Morgan fingerprint density at radius 1 is 1.37 bits per heavy atom. The van der Waals surface area contributed by atoms with Crippen LogP contribution in [-0.4, -0.2) is 11.6 Å². The quantitative estimate of drug-likeness (QED) is 0.882. The van der Waals surface area contributed by atoms with E-state index in [4.69, 9.17) is 0 Å². The molecule has 1 aliphatic carbocycles. The number of hydrogen-bond acceptors (Lipinski definition) is 1. The highest BCUT2D eigenvalue weighted by Crippen LogP contribution is 2.40. The second-order valence-electron chi connectivity index (χ2n) is 5.35. The van der Waals surface area contributed by atoms with Gasteiger partial charge in [-0.05, 0) is 55.1 Å². The maximum absolute atomic E-state index is 3.52. The van der Waals surface area contributed by atoms with Crippen molar-refractivity contribution in [3.05, 3.63) is 58.3 Å². The number of nitrogens with zero attached hydrogens (tertiary/aromatic N) is 1. The zero-order chi connectivity index (χ0) is 13.2. The predicted molar refractivity (Wildman–Crippen MR) is 82.2 cm³/mol. The molecule has 1 atom stereocenters. The van der Waals surface area contributed by atoms with Crippen LogP contribution in [0.15, 0.2) is 47.2 Å². The highest BCUT2D eigenvalue weighted by Gasteiger charge is 2.31. The Hall–Kier alpha value is -1.06. The van der Waals surface area contributed by atoms with Gasteiger partial charge in [-0.15, -0.1) is 0 Å². The molecule has 1 unspecified atom stereocenters. The van der Waals surface area contributed by atoms with Crippen molar-refractivity contribution in [3.63, 3.8) is 0 Å². The molecule has 1 fully saturated rings. The number of rotatable bonds is 5. The van der Waals surface area contributed by atoms with E-state index in [0.29, 0.717) is 6.04 Å². The molecule has 1 heterocycles. The van der Waals surface area contributed by atoms with Crippen LogP contribution in [0.4, 0.5) is 0 Å². The molecule has 2 nitrogen and oxygen atoms in total. The van der Waals surface area contributed by atoms with Crippen molar-refractivity contribution >= 4 is 15.9 Å². The summed E-state index contributed by atoms with van der Waals surface area (Å²) in [4.78, 5) is 0. The SMILES string of the molecule is CNC(c1ccn(Cc2cccc(Br)c2)c1)C1CC1. The molecule has 0 amide bonds. The van der Waals surface area contributed by atoms with Crippen LogP contribution < -0.4 is 5.32 Å². The number of benzene rings is 1. The maximum Gasteiger partial charge on any atom is 0.0470 e. The van der Waals surface area contributed by atoms with E-state index in [1.807, 2.05) is 0 Å². The van der Waals surface area contributed by atoms with E-state index in [2.05, 4.69) is 75.6 Å². The molecule has 0 radical (unpaired) electrons. The molecular formula is C16H19BrN2. The van der Waals surface area contributed by atoms with Gasteiger partial charge in [0.1, 0.15) is 0 Å². The van der Waals surface area contributed by atoms with E-state index < -0.39 is 0 Å². The minimum absolute atomic E-state index is 0.531. The second-order valence-corrected chi connectivity index (χ2v) is 6.27. The normalized spacial score (nSPS) is 16.5. The van der Waals surface area contributed by atoms with Crippen LogP contribution in [0.1, 0.15) is 30.0 Å². The van der Waals surface area contributed by atoms with Crippen LogP contribution in [0.25, 0.3) is 0 Å². The summed E-state index contributed by atoms with van der Waals surface area (Å²) in [7, 11) is 2.06. The largest absolute Gasteiger partial charge is 0.350 e. The summed E-state index contributed by atoms with van der Waals surface area (Å²) in [6, 6.07) is 11.3. The molecule has 1 aromatic carbocycles. The zero-order valence-corrected chi connectivity index (χ0v) is 12.7. The summed E-state index contributed by atoms with van der Waals surface area (Å²) in [5, 5.41) is 3.45. The zero-order valence-electron chi connectivity index (χ0n) is 11.1. The molecule has 0 saturated heterocycles. The lowest BCUT2D eigenvalue weighted by Crippen LogP contribution is -2.17. The van der Waals surface area contributed by atoms with Crippen molar-refractivity contribution in [2.24, 2.45) is 5.92 Å². The fourth-order valence-corrected chi connectivity index (χ4v) is 3.14. The van der Waals surface area contributed by atoms with Crippen LogP contribution in [0.3, 0.4) is 0 Å². The lowest BCUT2D eigenvalue weighted by molar-refractivity contribution is 0.528. The number of nitrogens with one attached hydrogen (secondary N) is 1. The lowest BCUT2D eigenvalue weighted by Gasteiger charge is -2.13. The van der Waals surface area contributed by atoms with Gasteiger partial charge in [-0.25, -0.2) is 0 Å². The molecule has 0 aliphatic heterocycles. The second kappa shape index (κ2) is 5.51. The van der Waals surface area contributed by atoms with Crippen molar-refractivity contribution in [2.75, 3.05) is 7.05 Å². The molecular weight excluding hydrogens is 300 g/mol. The summed E-state index contributed by atoms with van der Waals surface area (Å²) in [6.07, 6.45) is 7.19. The van der Waals surface area contributed by atoms with Gasteiger partial charge in [0.15, 0.2) is 0 Å². The molecule has 2 aromatic rings. The van der Waals surface area contributed by atoms with Gasteiger partial charge in [0.05, 0.1) is 0 Å². The van der Waals surface area contributed by atoms with Gasteiger partial charge in [-0.1, -0.05) is 28.1 Å². The van der Waals surface area contributed by atoms with E-state index in [-0.39, 0.29) is 0 Å². The third-order valence-corrected chi connectivity index (χ3v) is 4.28. The first-order valence-electron chi connectivity index (χ1n) is 6.83. The molecule has 1 aromatic heterocycles. The Kier molecular flexibility index (Phi) is 3.76. The van der Waals surface area contributed by atoms with Crippen molar-refractivity contribution in [3.8, 4) is 0 Å². The van der Waals surface area contributed by atoms with E-state index in [9.17, 15) is 0 Å². The Bertz CT molecular complexity index is 557. The van der Waals surface area contributed by atoms with Crippen LogP contribution >= 0.6 is 15.9 Å². The third-order valence-electron chi connectivity index (χ3n) is 3.79. The smallest absolute Gasteiger partial charge is 0.0470 e. The summed E-state index contributed by atoms with van der Waals surface area (Å²) in [6.45, 7) is 0.931. The lowest BCUT2D eigenvalue weighted by atomic mass is 10.1. The van der Waals surface area contributed by atoms with Gasteiger partial charge < -0.3 is 9.88 Å². The van der Waals surface area contributed by atoms with E-state index in [0.717, 1.165) is 16.9 Å². The summed E-state index contributed by atoms with van der Waals surface area (Å²) >= 11 is 3.52. The van der Waals surface area contributed by atoms with Gasteiger partial charge >= 0.3 is 0 Å². The molecule has 0 spiro atoms. The van der Waals surface area contributed by atoms with Crippen LogP contribution in [0.5, 0.6) is 0 Å². The summed E-state index contributed by atoms with van der Waals surface area (Å²) < 4.78 is 3.41. The molecule has 19 heavy (non-hydrogen) atoms. The minimum atomic E-state index is 0.531. The van der Waals surface area contributed by atoms with Crippen molar-refractivity contribution < 1.29 is 0 Å². The minimum Gasteiger partial charge on any atom is -0.350 e. The fraction of sp³-hybridized carbons (Fsp3) is 0.375. The average molecular weight is 319 g/mol. The Morgan fingerprint density at radius 3 is 2.89 bits per heavy atom. The monoisotopic (exact) mass is 318 g/mol. The summed E-state index contributed by atoms with van der Waals surface area (Å²) in [5.74, 6) is 0.840. The van der Waals surface area contributed by atoms with Gasteiger partial charge in [0, 0.05) is 29.5 Å².